The number of rotatable bonds is 4. The molecule has 0 aliphatic rings. The molecule has 1 aromatic rings. The lowest BCUT2D eigenvalue weighted by molar-refractivity contribution is 0.405. The molecule has 72 valence electrons. The third-order valence-corrected chi connectivity index (χ3v) is 2.44. The van der Waals surface area contributed by atoms with Gasteiger partial charge in [-0.1, -0.05) is 19.1 Å². The fourth-order valence-electron chi connectivity index (χ4n) is 1.18. The van der Waals surface area contributed by atoms with Gasteiger partial charge in [0.05, 0.1) is 11.6 Å². The molecule has 1 aromatic carbocycles. The van der Waals surface area contributed by atoms with Gasteiger partial charge in [0, 0.05) is 12.1 Å². The van der Waals surface area contributed by atoms with Crippen LogP contribution in [-0.4, -0.2) is 13.7 Å². The Bertz CT molecular complexity index is 276. The van der Waals surface area contributed by atoms with Crippen LogP contribution in [0.25, 0.3) is 0 Å². The monoisotopic (exact) mass is 243 g/mol. The SMILES string of the molecule is CCNCc1cccc(Br)c1OC. The fraction of sp³-hybridized carbons (Fsp3) is 0.400. The second kappa shape index (κ2) is 5.25. The van der Waals surface area contributed by atoms with E-state index >= 15 is 0 Å². The quantitative estimate of drug-likeness (QED) is 0.878. The Morgan fingerprint density at radius 2 is 2.23 bits per heavy atom. The first kappa shape index (κ1) is 10.5. The molecule has 0 bridgehead atoms. The van der Waals surface area contributed by atoms with Gasteiger partial charge in [-0.15, -0.1) is 0 Å². The topological polar surface area (TPSA) is 21.3 Å². The van der Waals surface area contributed by atoms with Crippen molar-refractivity contribution >= 4 is 15.9 Å². The summed E-state index contributed by atoms with van der Waals surface area (Å²) in [6.07, 6.45) is 0. The molecular weight excluding hydrogens is 230 g/mol. The van der Waals surface area contributed by atoms with Gasteiger partial charge in [-0.25, -0.2) is 0 Å². The van der Waals surface area contributed by atoms with E-state index in [0.717, 1.165) is 23.3 Å². The summed E-state index contributed by atoms with van der Waals surface area (Å²) in [4.78, 5) is 0. The zero-order chi connectivity index (χ0) is 9.68. The molecule has 0 radical (unpaired) electrons. The fourth-order valence-corrected chi connectivity index (χ4v) is 1.75. The first-order chi connectivity index (χ1) is 6.29. The highest BCUT2D eigenvalue weighted by Crippen LogP contribution is 2.28. The molecule has 3 heteroatoms. The minimum absolute atomic E-state index is 0.846. The minimum Gasteiger partial charge on any atom is -0.495 e. The van der Waals surface area contributed by atoms with Crippen LogP contribution >= 0.6 is 15.9 Å². The lowest BCUT2D eigenvalue weighted by Crippen LogP contribution is -2.12. The van der Waals surface area contributed by atoms with Crippen LogP contribution in [0.1, 0.15) is 12.5 Å². The van der Waals surface area contributed by atoms with Gasteiger partial charge in [0.15, 0.2) is 0 Å². The summed E-state index contributed by atoms with van der Waals surface area (Å²) < 4.78 is 6.29. The molecule has 0 heterocycles. The highest BCUT2D eigenvalue weighted by atomic mass is 79.9. The number of ether oxygens (including phenoxy) is 1. The Morgan fingerprint density at radius 1 is 1.46 bits per heavy atom. The molecule has 0 unspecified atom stereocenters. The van der Waals surface area contributed by atoms with E-state index in [1.54, 1.807) is 7.11 Å². The number of halogens is 1. The van der Waals surface area contributed by atoms with Gasteiger partial charge in [0.25, 0.3) is 0 Å². The van der Waals surface area contributed by atoms with Crippen molar-refractivity contribution in [2.75, 3.05) is 13.7 Å². The van der Waals surface area contributed by atoms with Gasteiger partial charge in [0.2, 0.25) is 0 Å². The van der Waals surface area contributed by atoms with Gasteiger partial charge in [-0.3, -0.25) is 0 Å². The second-order valence-corrected chi connectivity index (χ2v) is 3.57. The lowest BCUT2D eigenvalue weighted by Gasteiger charge is -2.10. The molecule has 0 aliphatic heterocycles. The van der Waals surface area contributed by atoms with Crippen LogP contribution in [0.2, 0.25) is 0 Å². The largest absolute Gasteiger partial charge is 0.495 e. The Labute approximate surface area is 87.4 Å². The van der Waals surface area contributed by atoms with Crippen LogP contribution < -0.4 is 10.1 Å². The molecule has 0 aromatic heterocycles. The number of benzene rings is 1. The van der Waals surface area contributed by atoms with Crippen molar-refractivity contribution in [2.24, 2.45) is 0 Å². The van der Waals surface area contributed by atoms with Crippen LogP contribution in [0.5, 0.6) is 5.75 Å². The standard InChI is InChI=1S/C10H14BrNO/c1-3-12-7-8-5-4-6-9(11)10(8)13-2/h4-6,12H,3,7H2,1-2H3. The lowest BCUT2D eigenvalue weighted by atomic mass is 10.2. The third-order valence-electron chi connectivity index (χ3n) is 1.82. The van der Waals surface area contributed by atoms with Crippen LogP contribution in [0.15, 0.2) is 22.7 Å². The summed E-state index contributed by atoms with van der Waals surface area (Å²) in [6.45, 7) is 3.90. The van der Waals surface area contributed by atoms with Crippen molar-refractivity contribution in [3.8, 4) is 5.75 Å². The average molecular weight is 244 g/mol. The van der Waals surface area contributed by atoms with Crippen molar-refractivity contribution < 1.29 is 4.74 Å². The molecule has 0 saturated carbocycles. The maximum absolute atomic E-state index is 5.29. The Kier molecular flexibility index (Phi) is 4.25. The molecule has 1 N–H and O–H groups in total. The van der Waals surface area contributed by atoms with Gasteiger partial charge >= 0.3 is 0 Å². The summed E-state index contributed by atoms with van der Waals surface area (Å²) in [6, 6.07) is 6.06. The van der Waals surface area contributed by atoms with Gasteiger partial charge in [-0.2, -0.15) is 0 Å². The summed E-state index contributed by atoms with van der Waals surface area (Å²) in [5, 5.41) is 3.27. The van der Waals surface area contributed by atoms with Crippen LogP contribution in [-0.2, 0) is 6.54 Å². The summed E-state index contributed by atoms with van der Waals surface area (Å²) in [5.41, 5.74) is 1.18. The molecule has 0 spiro atoms. The molecular formula is C10H14BrNO. The average Bonchev–Trinajstić information content (AvgIpc) is 2.15. The summed E-state index contributed by atoms with van der Waals surface area (Å²) in [7, 11) is 1.69. The van der Waals surface area contributed by atoms with E-state index in [1.807, 2.05) is 12.1 Å². The van der Waals surface area contributed by atoms with E-state index in [2.05, 4.69) is 34.2 Å². The number of methoxy groups -OCH3 is 1. The third kappa shape index (κ3) is 2.71. The highest BCUT2D eigenvalue weighted by Gasteiger charge is 2.04. The van der Waals surface area contributed by atoms with Gasteiger partial charge < -0.3 is 10.1 Å². The van der Waals surface area contributed by atoms with Crippen molar-refractivity contribution in [1.29, 1.82) is 0 Å². The minimum atomic E-state index is 0.846. The molecule has 0 saturated heterocycles. The summed E-state index contributed by atoms with van der Waals surface area (Å²) >= 11 is 3.45. The van der Waals surface area contributed by atoms with Crippen LogP contribution in [0.3, 0.4) is 0 Å². The number of nitrogens with one attached hydrogen (secondary N) is 1. The molecule has 1 rings (SSSR count). The number of hydrogen-bond acceptors (Lipinski definition) is 2. The van der Waals surface area contributed by atoms with Crippen molar-refractivity contribution in [2.45, 2.75) is 13.5 Å². The van der Waals surface area contributed by atoms with Gasteiger partial charge in [-0.05, 0) is 28.5 Å². The van der Waals surface area contributed by atoms with Gasteiger partial charge in [0.1, 0.15) is 5.75 Å². The predicted molar refractivity (Wildman–Crippen MR) is 58.1 cm³/mol. The van der Waals surface area contributed by atoms with Crippen molar-refractivity contribution in [3.05, 3.63) is 28.2 Å². The molecule has 0 amide bonds. The van der Waals surface area contributed by atoms with E-state index < -0.39 is 0 Å². The van der Waals surface area contributed by atoms with Crippen LogP contribution in [0, 0.1) is 0 Å². The van der Waals surface area contributed by atoms with E-state index in [-0.39, 0.29) is 0 Å². The van der Waals surface area contributed by atoms with Crippen molar-refractivity contribution in [3.63, 3.8) is 0 Å². The summed E-state index contributed by atoms with van der Waals surface area (Å²) in [5.74, 6) is 0.920. The number of hydrogen-bond donors (Lipinski definition) is 1. The Hall–Kier alpha value is -0.540. The van der Waals surface area contributed by atoms with Crippen LogP contribution in [0.4, 0.5) is 0 Å². The first-order valence-electron chi connectivity index (χ1n) is 4.31. The smallest absolute Gasteiger partial charge is 0.137 e. The maximum atomic E-state index is 5.29. The predicted octanol–water partition coefficient (Wildman–Crippen LogP) is 2.57. The van der Waals surface area contributed by atoms with E-state index in [9.17, 15) is 0 Å². The zero-order valence-corrected chi connectivity index (χ0v) is 9.52. The zero-order valence-electron chi connectivity index (χ0n) is 7.93. The maximum Gasteiger partial charge on any atom is 0.137 e. The molecule has 0 atom stereocenters. The molecule has 2 nitrogen and oxygen atoms in total. The molecule has 13 heavy (non-hydrogen) atoms. The van der Waals surface area contributed by atoms with E-state index in [4.69, 9.17) is 4.74 Å². The van der Waals surface area contributed by atoms with Crippen molar-refractivity contribution in [1.82, 2.24) is 5.32 Å². The Balaban J connectivity index is 2.85. The molecule has 0 aliphatic carbocycles. The molecule has 0 fully saturated rings. The first-order valence-corrected chi connectivity index (χ1v) is 5.11. The number of para-hydroxylation sites is 1. The highest BCUT2D eigenvalue weighted by molar-refractivity contribution is 9.10. The second-order valence-electron chi connectivity index (χ2n) is 2.71. The van der Waals surface area contributed by atoms with E-state index in [0.29, 0.717) is 0 Å². The van der Waals surface area contributed by atoms with E-state index in [1.165, 1.54) is 5.56 Å². The normalized spacial score (nSPS) is 10.1. The Morgan fingerprint density at radius 3 is 2.85 bits per heavy atom.